The highest BCUT2D eigenvalue weighted by molar-refractivity contribution is 5.45. The molecule has 0 radical (unpaired) electrons. The van der Waals surface area contributed by atoms with E-state index in [0.29, 0.717) is 0 Å². The van der Waals surface area contributed by atoms with Crippen molar-refractivity contribution in [3.63, 3.8) is 0 Å². The fourth-order valence-electron chi connectivity index (χ4n) is 0.756. The molecule has 1 aromatic rings. The summed E-state index contributed by atoms with van der Waals surface area (Å²) in [7, 11) is 0. The highest BCUT2D eigenvalue weighted by atomic mass is 13.9. The summed E-state index contributed by atoms with van der Waals surface area (Å²) in [5.74, 6) is 0. The van der Waals surface area contributed by atoms with Crippen LogP contribution in [-0.4, -0.2) is 0 Å². The zero-order valence-electron chi connectivity index (χ0n) is 7.24. The number of benzene rings is 1. The third kappa shape index (κ3) is 3.20. The van der Waals surface area contributed by atoms with E-state index in [4.69, 9.17) is 0 Å². The van der Waals surface area contributed by atoms with Crippen LogP contribution in [0.15, 0.2) is 49.1 Å². The average molecular weight is 158 g/mol. The SMILES string of the molecule is C1=CCC1.C=Cc1ccccc1. The molecule has 0 spiro atoms. The quantitative estimate of drug-likeness (QED) is 0.547. The van der Waals surface area contributed by atoms with Crippen molar-refractivity contribution in [2.24, 2.45) is 0 Å². The van der Waals surface area contributed by atoms with Gasteiger partial charge in [0.2, 0.25) is 0 Å². The van der Waals surface area contributed by atoms with Gasteiger partial charge in [0.15, 0.2) is 0 Å². The van der Waals surface area contributed by atoms with Gasteiger partial charge in [0, 0.05) is 0 Å². The zero-order valence-corrected chi connectivity index (χ0v) is 7.24. The lowest BCUT2D eigenvalue weighted by Crippen LogP contribution is -1.71. The van der Waals surface area contributed by atoms with Crippen molar-refractivity contribution in [3.05, 3.63) is 54.6 Å². The zero-order chi connectivity index (χ0) is 8.65. The van der Waals surface area contributed by atoms with Gasteiger partial charge in [-0.1, -0.05) is 55.1 Å². The maximum Gasteiger partial charge on any atom is -0.0263 e. The Labute approximate surface area is 74.2 Å². The predicted molar refractivity (Wildman–Crippen MR) is 54.9 cm³/mol. The van der Waals surface area contributed by atoms with E-state index in [9.17, 15) is 0 Å². The molecular weight excluding hydrogens is 144 g/mol. The Hall–Kier alpha value is -1.30. The van der Waals surface area contributed by atoms with Crippen LogP contribution in [0.2, 0.25) is 0 Å². The molecule has 0 aliphatic heterocycles. The second kappa shape index (κ2) is 5.36. The summed E-state index contributed by atoms with van der Waals surface area (Å²) in [6, 6.07) is 10.0. The highest BCUT2D eigenvalue weighted by Crippen LogP contribution is 2.01. The van der Waals surface area contributed by atoms with Crippen molar-refractivity contribution >= 4 is 6.08 Å². The monoisotopic (exact) mass is 158 g/mol. The Bertz CT molecular complexity index is 238. The third-order valence-corrected chi connectivity index (χ3v) is 1.70. The van der Waals surface area contributed by atoms with Crippen LogP contribution in [0.1, 0.15) is 18.4 Å². The number of hydrogen-bond donors (Lipinski definition) is 0. The van der Waals surface area contributed by atoms with E-state index in [1.165, 1.54) is 18.4 Å². The van der Waals surface area contributed by atoms with Gasteiger partial charge < -0.3 is 0 Å². The molecule has 1 aromatic carbocycles. The van der Waals surface area contributed by atoms with Gasteiger partial charge in [-0.25, -0.2) is 0 Å². The second-order valence-corrected chi connectivity index (χ2v) is 2.66. The largest absolute Gasteiger partial charge is 0.0985 e. The van der Waals surface area contributed by atoms with Crippen LogP contribution in [0.3, 0.4) is 0 Å². The summed E-state index contributed by atoms with van der Waals surface area (Å²) in [4.78, 5) is 0. The molecule has 0 atom stereocenters. The molecule has 0 saturated carbocycles. The second-order valence-electron chi connectivity index (χ2n) is 2.66. The molecular formula is C12H14. The van der Waals surface area contributed by atoms with E-state index < -0.39 is 0 Å². The van der Waals surface area contributed by atoms with E-state index in [-0.39, 0.29) is 0 Å². The molecule has 0 nitrogen and oxygen atoms in total. The fraction of sp³-hybridized carbons (Fsp3) is 0.167. The van der Waals surface area contributed by atoms with Crippen molar-refractivity contribution in [3.8, 4) is 0 Å². The first kappa shape index (κ1) is 8.79. The molecule has 12 heavy (non-hydrogen) atoms. The lowest BCUT2D eigenvalue weighted by atomic mass is 10.1. The summed E-state index contributed by atoms with van der Waals surface area (Å²) < 4.78 is 0. The van der Waals surface area contributed by atoms with Crippen molar-refractivity contribution < 1.29 is 0 Å². The van der Waals surface area contributed by atoms with Crippen molar-refractivity contribution in [2.45, 2.75) is 12.8 Å². The number of rotatable bonds is 1. The van der Waals surface area contributed by atoms with Crippen molar-refractivity contribution in [2.75, 3.05) is 0 Å². The van der Waals surface area contributed by atoms with Gasteiger partial charge in [-0.2, -0.15) is 0 Å². The predicted octanol–water partition coefficient (Wildman–Crippen LogP) is 3.67. The minimum Gasteiger partial charge on any atom is -0.0985 e. The molecule has 0 fully saturated rings. The van der Waals surface area contributed by atoms with Crippen molar-refractivity contribution in [1.29, 1.82) is 0 Å². The Morgan fingerprint density at radius 2 is 1.50 bits per heavy atom. The minimum atomic E-state index is 1.17. The van der Waals surface area contributed by atoms with Crippen LogP contribution < -0.4 is 0 Å². The fourth-order valence-corrected chi connectivity index (χ4v) is 0.756. The van der Waals surface area contributed by atoms with E-state index >= 15 is 0 Å². The lowest BCUT2D eigenvalue weighted by Gasteiger charge is -1.92. The maximum absolute atomic E-state index is 3.63. The molecule has 0 heterocycles. The maximum atomic E-state index is 3.63. The Kier molecular flexibility index (Phi) is 3.93. The summed E-state index contributed by atoms with van der Waals surface area (Å²) in [6.07, 6.45) is 8.83. The summed E-state index contributed by atoms with van der Waals surface area (Å²) in [5, 5.41) is 0. The first-order chi connectivity index (χ1) is 5.93. The van der Waals surface area contributed by atoms with Crippen LogP contribution in [0.4, 0.5) is 0 Å². The molecule has 0 saturated heterocycles. The van der Waals surface area contributed by atoms with Gasteiger partial charge in [-0.3, -0.25) is 0 Å². The van der Waals surface area contributed by atoms with Gasteiger partial charge in [0.25, 0.3) is 0 Å². The first-order valence-electron chi connectivity index (χ1n) is 4.26. The molecule has 1 aliphatic carbocycles. The van der Waals surface area contributed by atoms with E-state index in [1.807, 2.05) is 36.4 Å². The molecule has 0 bridgehead atoms. The molecule has 0 N–H and O–H groups in total. The highest BCUT2D eigenvalue weighted by Gasteiger charge is 1.81. The van der Waals surface area contributed by atoms with Gasteiger partial charge >= 0.3 is 0 Å². The van der Waals surface area contributed by atoms with Crippen LogP contribution in [0.5, 0.6) is 0 Å². The average Bonchev–Trinajstić information content (AvgIpc) is 2.03. The lowest BCUT2D eigenvalue weighted by molar-refractivity contribution is 0.962. The number of allylic oxidation sites excluding steroid dienone is 2. The summed E-state index contributed by atoms with van der Waals surface area (Å²) in [5.41, 5.74) is 1.17. The van der Waals surface area contributed by atoms with Crippen LogP contribution in [0, 0.1) is 0 Å². The van der Waals surface area contributed by atoms with Gasteiger partial charge in [-0.05, 0) is 18.4 Å². The molecule has 62 valence electrons. The van der Waals surface area contributed by atoms with Gasteiger partial charge in [-0.15, -0.1) is 0 Å². The van der Waals surface area contributed by atoms with Gasteiger partial charge in [0.05, 0.1) is 0 Å². The van der Waals surface area contributed by atoms with Crippen LogP contribution >= 0.6 is 0 Å². The molecule has 0 amide bonds. The van der Waals surface area contributed by atoms with Crippen LogP contribution in [-0.2, 0) is 0 Å². The topological polar surface area (TPSA) is 0 Å². The Morgan fingerprint density at radius 3 is 1.75 bits per heavy atom. The smallest absolute Gasteiger partial charge is 0.0263 e. The minimum absolute atomic E-state index is 1.17. The molecule has 0 aromatic heterocycles. The molecule has 0 heteroatoms. The normalized spacial score (nSPS) is 12.3. The first-order valence-corrected chi connectivity index (χ1v) is 4.26. The van der Waals surface area contributed by atoms with Gasteiger partial charge in [0.1, 0.15) is 0 Å². The standard InChI is InChI=1S/C8H8.C4H6/c1-2-8-6-4-3-5-7-8;1-2-4-3-1/h2-7H,1H2;1-2H,3-4H2. The third-order valence-electron chi connectivity index (χ3n) is 1.70. The Morgan fingerprint density at radius 1 is 1.00 bits per heavy atom. The molecule has 1 aliphatic rings. The van der Waals surface area contributed by atoms with Crippen molar-refractivity contribution in [1.82, 2.24) is 0 Å². The summed E-state index contributed by atoms with van der Waals surface area (Å²) in [6.45, 7) is 3.63. The summed E-state index contributed by atoms with van der Waals surface area (Å²) >= 11 is 0. The van der Waals surface area contributed by atoms with E-state index in [2.05, 4.69) is 18.7 Å². The molecule has 2 rings (SSSR count). The van der Waals surface area contributed by atoms with Crippen LogP contribution in [0.25, 0.3) is 6.08 Å². The molecule has 0 unspecified atom stereocenters. The van der Waals surface area contributed by atoms with E-state index in [0.717, 1.165) is 0 Å². The van der Waals surface area contributed by atoms with E-state index in [1.54, 1.807) is 0 Å². The number of hydrogen-bond acceptors (Lipinski definition) is 0. The Balaban J connectivity index is 0.000000150.